The van der Waals surface area contributed by atoms with Gasteiger partial charge in [0.2, 0.25) is 0 Å². The molecule has 2 nitrogen and oxygen atoms in total. The van der Waals surface area contributed by atoms with Crippen molar-refractivity contribution in [3.8, 4) is 0 Å². The zero-order valence-corrected chi connectivity index (χ0v) is 4.70. The van der Waals surface area contributed by atoms with Crippen LogP contribution in [0.2, 0.25) is 6.82 Å². The van der Waals surface area contributed by atoms with Crippen molar-refractivity contribution < 1.29 is 0 Å². The lowest BCUT2D eigenvalue weighted by atomic mass is 9.78. The van der Waals surface area contributed by atoms with Crippen LogP contribution in [0.5, 0.6) is 0 Å². The summed E-state index contributed by atoms with van der Waals surface area (Å²) in [6.07, 6.45) is 3.26. The van der Waals surface area contributed by atoms with Crippen molar-refractivity contribution in [2.24, 2.45) is 0 Å². The highest BCUT2D eigenvalue weighted by molar-refractivity contribution is 6.50. The van der Waals surface area contributed by atoms with Gasteiger partial charge in [0.25, 0.3) is 0 Å². The molecule has 3 heteroatoms. The zero-order valence-electron chi connectivity index (χ0n) is 4.70. The maximum atomic E-state index is 3.93. The van der Waals surface area contributed by atoms with Crippen LogP contribution in [0.25, 0.3) is 0 Å². The van der Waals surface area contributed by atoms with Gasteiger partial charge in [-0.3, -0.25) is 4.98 Å². The standard InChI is InChI=1S/C5H6BN2/c1-6-5-2-3-7-4-8-5/h2-4H,1H3. The van der Waals surface area contributed by atoms with Crippen molar-refractivity contribution in [2.45, 2.75) is 6.82 Å². The summed E-state index contributed by atoms with van der Waals surface area (Å²) in [4.78, 5) is 7.69. The Morgan fingerprint density at radius 1 is 1.62 bits per heavy atom. The minimum Gasteiger partial charge on any atom is -0.252 e. The van der Waals surface area contributed by atoms with Crippen LogP contribution in [0, 0.1) is 0 Å². The summed E-state index contributed by atoms with van der Waals surface area (Å²) in [5.41, 5.74) is 0.972. The Kier molecular flexibility index (Phi) is 1.62. The maximum absolute atomic E-state index is 3.93. The molecule has 0 spiro atoms. The van der Waals surface area contributed by atoms with Gasteiger partial charge >= 0.3 is 0 Å². The third kappa shape index (κ3) is 1.06. The predicted molar refractivity (Wildman–Crippen MR) is 33.3 cm³/mol. The molecule has 0 aliphatic carbocycles. The van der Waals surface area contributed by atoms with Crippen LogP contribution in [0.15, 0.2) is 18.6 Å². The molecule has 39 valence electrons. The van der Waals surface area contributed by atoms with Gasteiger partial charge in [0, 0.05) is 6.20 Å². The van der Waals surface area contributed by atoms with Gasteiger partial charge in [0.1, 0.15) is 6.33 Å². The maximum Gasteiger partial charge on any atom is 0.174 e. The van der Waals surface area contributed by atoms with Crippen molar-refractivity contribution in [3.63, 3.8) is 0 Å². The fraction of sp³-hybridized carbons (Fsp3) is 0.200. The quantitative estimate of drug-likeness (QED) is 0.464. The second kappa shape index (κ2) is 2.45. The van der Waals surface area contributed by atoms with Gasteiger partial charge in [0.05, 0.1) is 0 Å². The van der Waals surface area contributed by atoms with Crippen LogP contribution >= 0.6 is 0 Å². The second-order valence-electron chi connectivity index (χ2n) is 1.42. The van der Waals surface area contributed by atoms with E-state index in [0.717, 1.165) is 5.59 Å². The predicted octanol–water partition coefficient (Wildman–Crippen LogP) is -0.146. The summed E-state index contributed by atoms with van der Waals surface area (Å²) in [5, 5.41) is 0. The van der Waals surface area contributed by atoms with Crippen molar-refractivity contribution in [2.75, 3.05) is 0 Å². The molecular weight excluding hydrogens is 98.9 g/mol. The molecule has 8 heavy (non-hydrogen) atoms. The van der Waals surface area contributed by atoms with Crippen LogP contribution in [0.4, 0.5) is 0 Å². The lowest BCUT2D eigenvalue weighted by Crippen LogP contribution is -2.13. The van der Waals surface area contributed by atoms with Crippen molar-refractivity contribution in [1.82, 2.24) is 9.97 Å². The van der Waals surface area contributed by atoms with Crippen LogP contribution in [0.3, 0.4) is 0 Å². The summed E-state index contributed by atoms with van der Waals surface area (Å²) in [7, 11) is 1.93. The van der Waals surface area contributed by atoms with E-state index >= 15 is 0 Å². The normalized spacial score (nSPS) is 8.62. The Balaban J connectivity index is 2.83. The molecule has 1 radical (unpaired) electrons. The first-order valence-corrected chi connectivity index (χ1v) is 2.49. The molecule has 1 heterocycles. The average molecular weight is 105 g/mol. The molecule has 0 atom stereocenters. The third-order valence-electron chi connectivity index (χ3n) is 0.901. The molecule has 0 unspecified atom stereocenters. The molecule has 0 aromatic carbocycles. The number of hydrogen-bond donors (Lipinski definition) is 0. The van der Waals surface area contributed by atoms with E-state index in [1.54, 1.807) is 6.20 Å². The SMILES string of the molecule is C[B]c1ccncn1. The monoisotopic (exact) mass is 105 g/mol. The number of nitrogens with zero attached hydrogens (tertiary/aromatic N) is 2. The van der Waals surface area contributed by atoms with Gasteiger partial charge in [-0.25, -0.2) is 4.98 Å². The average Bonchev–Trinajstić information content (AvgIpc) is 1.90. The topological polar surface area (TPSA) is 25.8 Å². The fourth-order valence-electron chi connectivity index (χ4n) is 0.472. The van der Waals surface area contributed by atoms with Gasteiger partial charge in [-0.1, -0.05) is 6.82 Å². The van der Waals surface area contributed by atoms with Crippen molar-refractivity contribution in [1.29, 1.82) is 0 Å². The van der Waals surface area contributed by atoms with E-state index in [1.807, 2.05) is 20.2 Å². The highest BCUT2D eigenvalue weighted by atomic mass is 14.8. The number of rotatable bonds is 1. The first-order valence-electron chi connectivity index (χ1n) is 2.49. The van der Waals surface area contributed by atoms with Crippen LogP contribution < -0.4 is 5.59 Å². The largest absolute Gasteiger partial charge is 0.252 e. The van der Waals surface area contributed by atoms with E-state index in [-0.39, 0.29) is 0 Å². The van der Waals surface area contributed by atoms with E-state index in [4.69, 9.17) is 0 Å². The summed E-state index contributed by atoms with van der Waals surface area (Å²) in [5.74, 6) is 0. The van der Waals surface area contributed by atoms with E-state index in [9.17, 15) is 0 Å². The van der Waals surface area contributed by atoms with Gasteiger partial charge in [-0.05, 0) is 11.7 Å². The molecule has 0 bridgehead atoms. The minimum absolute atomic E-state index is 0.972. The molecule has 0 N–H and O–H groups in total. The van der Waals surface area contributed by atoms with Crippen molar-refractivity contribution >= 4 is 12.9 Å². The Labute approximate surface area is 49.2 Å². The molecule has 0 amide bonds. The minimum atomic E-state index is 0.972. The van der Waals surface area contributed by atoms with Crippen LogP contribution in [-0.4, -0.2) is 17.2 Å². The Bertz CT molecular complexity index is 152. The molecule has 1 rings (SSSR count). The molecule has 0 saturated carbocycles. The molecule has 1 aromatic rings. The number of aromatic nitrogens is 2. The lowest BCUT2D eigenvalue weighted by Gasteiger charge is -1.87. The zero-order chi connectivity index (χ0) is 5.82. The first-order chi connectivity index (χ1) is 3.93. The smallest absolute Gasteiger partial charge is 0.174 e. The van der Waals surface area contributed by atoms with Crippen LogP contribution in [0.1, 0.15) is 0 Å². The van der Waals surface area contributed by atoms with E-state index in [2.05, 4.69) is 9.97 Å². The lowest BCUT2D eigenvalue weighted by molar-refractivity contribution is 1.20. The highest BCUT2D eigenvalue weighted by Crippen LogP contribution is 1.67. The van der Waals surface area contributed by atoms with Gasteiger partial charge < -0.3 is 0 Å². The first kappa shape index (κ1) is 5.28. The molecule has 0 fully saturated rings. The fourth-order valence-corrected chi connectivity index (χ4v) is 0.472. The van der Waals surface area contributed by atoms with E-state index < -0.39 is 0 Å². The molecule has 0 saturated heterocycles. The highest BCUT2D eigenvalue weighted by Gasteiger charge is 1.84. The Morgan fingerprint density at radius 2 is 2.50 bits per heavy atom. The van der Waals surface area contributed by atoms with Crippen molar-refractivity contribution in [3.05, 3.63) is 18.6 Å². The summed E-state index contributed by atoms with van der Waals surface area (Å²) in [6, 6.07) is 1.86. The molecule has 1 aromatic heterocycles. The third-order valence-corrected chi connectivity index (χ3v) is 0.901. The molecule has 0 aliphatic heterocycles. The van der Waals surface area contributed by atoms with Gasteiger partial charge in [0.15, 0.2) is 7.28 Å². The Morgan fingerprint density at radius 3 is 2.88 bits per heavy atom. The molecule has 0 aliphatic rings. The second-order valence-corrected chi connectivity index (χ2v) is 1.42. The molecular formula is C5H6BN2. The summed E-state index contributed by atoms with van der Waals surface area (Å²) >= 11 is 0. The van der Waals surface area contributed by atoms with Gasteiger partial charge in [-0.15, -0.1) is 0 Å². The van der Waals surface area contributed by atoms with Crippen LogP contribution in [-0.2, 0) is 0 Å². The van der Waals surface area contributed by atoms with E-state index in [0.29, 0.717) is 0 Å². The Hall–Kier alpha value is -0.855. The number of hydrogen-bond acceptors (Lipinski definition) is 2. The van der Waals surface area contributed by atoms with E-state index in [1.165, 1.54) is 6.33 Å². The van der Waals surface area contributed by atoms with Gasteiger partial charge in [-0.2, -0.15) is 0 Å². The summed E-state index contributed by atoms with van der Waals surface area (Å²) in [6.45, 7) is 1.95. The summed E-state index contributed by atoms with van der Waals surface area (Å²) < 4.78 is 0.